The van der Waals surface area contributed by atoms with Crippen molar-refractivity contribution in [1.29, 1.82) is 0 Å². The Hall–Kier alpha value is -2.80. The van der Waals surface area contributed by atoms with E-state index in [2.05, 4.69) is 179 Å². The van der Waals surface area contributed by atoms with Crippen LogP contribution < -0.4 is 0 Å². The van der Waals surface area contributed by atoms with E-state index in [0.29, 0.717) is 5.92 Å². The van der Waals surface area contributed by atoms with Crippen molar-refractivity contribution in [2.24, 2.45) is 0 Å². The molecule has 0 nitrogen and oxygen atoms in total. The van der Waals surface area contributed by atoms with Gasteiger partial charge in [-0.2, -0.15) is 12.1 Å². The molecule has 0 aliphatic carbocycles. The van der Waals surface area contributed by atoms with Crippen molar-refractivity contribution in [3.63, 3.8) is 0 Å². The Kier molecular flexibility index (Phi) is 15.5. The summed E-state index contributed by atoms with van der Waals surface area (Å²) < 4.78 is 0. The number of hydrogen-bond donors (Lipinski definition) is 0. The fourth-order valence-electron chi connectivity index (χ4n) is 6.53. The summed E-state index contributed by atoms with van der Waals surface area (Å²) in [6.07, 6.45) is 2.50. The van der Waals surface area contributed by atoms with Crippen LogP contribution in [0.1, 0.15) is 102 Å². The number of rotatable bonds is 5. The third kappa shape index (κ3) is 10.1. The molecule has 0 aliphatic rings. The van der Waals surface area contributed by atoms with Crippen LogP contribution in [0.25, 0.3) is 43.8 Å². The minimum atomic E-state index is 0. The molecule has 0 aromatic heterocycles. The van der Waals surface area contributed by atoms with Crippen LogP contribution in [0.3, 0.4) is 0 Å². The van der Waals surface area contributed by atoms with Crippen molar-refractivity contribution in [2.45, 2.75) is 98.8 Å². The molecule has 0 saturated heterocycles. The SMILES string of the molecule is CCCC(C)c1cc2c(-c3ccc(C(C)(C)C)cc3)cccc2[cH-]1.Cc1cc2c(-c3ccc(C(C)(C)C)cc3)ccc(C)c2[cH-]1.[CH3-].[CH3-].[Si]=[Zr]. The summed E-state index contributed by atoms with van der Waals surface area (Å²) in [5, 5.41) is 5.50. The van der Waals surface area contributed by atoms with Gasteiger partial charge in [0.2, 0.25) is 0 Å². The molecule has 6 aromatic rings. The van der Waals surface area contributed by atoms with Crippen molar-refractivity contribution in [3.8, 4) is 22.3 Å². The molecule has 2 heteroatoms. The molecule has 1 atom stereocenters. The number of benzene rings is 4. The number of hydrogen-bond acceptors (Lipinski definition) is 0. The summed E-state index contributed by atoms with van der Waals surface area (Å²) in [5.41, 5.74) is 12.7. The van der Waals surface area contributed by atoms with Gasteiger partial charge < -0.3 is 14.9 Å². The van der Waals surface area contributed by atoms with Gasteiger partial charge in [-0.15, -0.1) is 68.6 Å². The van der Waals surface area contributed by atoms with Gasteiger partial charge in [-0.3, -0.25) is 0 Å². The molecule has 0 bridgehead atoms. The van der Waals surface area contributed by atoms with Gasteiger partial charge in [0.05, 0.1) is 0 Å². The Labute approximate surface area is 316 Å². The molecule has 0 saturated carbocycles. The normalized spacial score (nSPS) is 11.8. The molecule has 0 fully saturated rings. The molecule has 6 aromatic carbocycles. The molecule has 0 amide bonds. The summed E-state index contributed by atoms with van der Waals surface area (Å²) in [4.78, 5) is 0. The van der Waals surface area contributed by atoms with E-state index in [-0.39, 0.29) is 25.7 Å². The van der Waals surface area contributed by atoms with Crippen molar-refractivity contribution in [2.75, 3.05) is 0 Å². The molecule has 0 aliphatic heterocycles. The Bertz CT molecular complexity index is 1900. The van der Waals surface area contributed by atoms with E-state index >= 15 is 0 Å². The summed E-state index contributed by atoms with van der Waals surface area (Å²) in [6, 6.07) is 38.7. The van der Waals surface area contributed by atoms with Crippen molar-refractivity contribution in [1.82, 2.24) is 0 Å². The zero-order chi connectivity index (χ0) is 34.5. The van der Waals surface area contributed by atoms with Crippen molar-refractivity contribution in [3.05, 3.63) is 146 Å². The van der Waals surface area contributed by atoms with E-state index in [1.807, 2.05) is 0 Å². The second-order valence-corrected chi connectivity index (χ2v) is 15.2. The first kappa shape index (κ1) is 42.4. The monoisotopic (exact) mass is 740 g/mol. The van der Waals surface area contributed by atoms with E-state index in [9.17, 15) is 0 Å². The van der Waals surface area contributed by atoms with Gasteiger partial charge >= 0.3 is 30.2 Å². The molecule has 49 heavy (non-hydrogen) atoms. The third-order valence-corrected chi connectivity index (χ3v) is 9.44. The molecule has 258 valence electrons. The van der Waals surface area contributed by atoms with Crippen molar-refractivity contribution >= 4 is 28.4 Å². The molecular weight excluding hydrogens is 684 g/mol. The van der Waals surface area contributed by atoms with Gasteiger partial charge in [0, 0.05) is 0 Å². The van der Waals surface area contributed by atoms with Crippen LogP contribution in [0.15, 0.2) is 103 Å². The molecule has 2 radical (unpaired) electrons. The number of fused-ring (bicyclic) bond motifs is 2. The van der Waals surface area contributed by atoms with Gasteiger partial charge in [-0.05, 0) is 45.4 Å². The van der Waals surface area contributed by atoms with E-state index in [0.717, 1.165) is 0 Å². The molecule has 1 unspecified atom stereocenters. The molecule has 0 N–H and O–H groups in total. The summed E-state index contributed by atoms with van der Waals surface area (Å²) >= 11 is 1.36. The Morgan fingerprint density at radius 1 is 0.653 bits per heavy atom. The fraction of sp³-hybridized carbons (Fsp3) is 0.319. The Morgan fingerprint density at radius 2 is 1.16 bits per heavy atom. The second kappa shape index (κ2) is 17.9. The minimum absolute atomic E-state index is 0. The first-order valence-corrected chi connectivity index (χ1v) is 21.3. The average Bonchev–Trinajstić information content (AvgIpc) is 3.66. The first-order chi connectivity index (χ1) is 22.3. The maximum absolute atomic E-state index is 3.06. The van der Waals surface area contributed by atoms with E-state index in [4.69, 9.17) is 0 Å². The zero-order valence-corrected chi connectivity index (χ0v) is 35.8. The fourth-order valence-corrected chi connectivity index (χ4v) is 6.53. The van der Waals surface area contributed by atoms with Crippen molar-refractivity contribution < 1.29 is 23.3 Å². The summed E-state index contributed by atoms with van der Waals surface area (Å²) in [6.45, 7) is 25.6. The van der Waals surface area contributed by atoms with Gasteiger partial charge in [0.1, 0.15) is 0 Å². The van der Waals surface area contributed by atoms with E-state index < -0.39 is 0 Å². The van der Waals surface area contributed by atoms with Gasteiger partial charge in [0.25, 0.3) is 0 Å². The van der Waals surface area contributed by atoms with Gasteiger partial charge in [0.15, 0.2) is 0 Å². The topological polar surface area (TPSA) is 0 Å². The molecule has 0 heterocycles. The number of aryl methyl sites for hydroxylation is 2. The van der Waals surface area contributed by atoms with Crippen LogP contribution >= 0.6 is 0 Å². The van der Waals surface area contributed by atoms with Crippen LogP contribution in [0.5, 0.6) is 0 Å². The molecular formula is C47H58SiZr-4. The first-order valence-electron chi connectivity index (χ1n) is 17.1. The van der Waals surface area contributed by atoms with Gasteiger partial charge in [-0.1, -0.05) is 147 Å². The Morgan fingerprint density at radius 3 is 1.65 bits per heavy atom. The van der Waals surface area contributed by atoms with Crippen LogP contribution in [0.4, 0.5) is 0 Å². The third-order valence-electron chi connectivity index (χ3n) is 9.44. The van der Waals surface area contributed by atoms with Crippen LogP contribution in [0, 0.1) is 28.7 Å². The van der Waals surface area contributed by atoms with E-state index in [1.54, 1.807) is 0 Å². The zero-order valence-electron chi connectivity index (χ0n) is 32.3. The van der Waals surface area contributed by atoms with Gasteiger partial charge in [-0.25, -0.2) is 0 Å². The summed E-state index contributed by atoms with van der Waals surface area (Å²) in [7, 11) is 0. The predicted octanol–water partition coefficient (Wildman–Crippen LogP) is 14.1. The predicted molar refractivity (Wildman–Crippen MR) is 219 cm³/mol. The second-order valence-electron chi connectivity index (χ2n) is 15.2. The maximum atomic E-state index is 3.06. The molecule has 0 spiro atoms. The standard InChI is InChI=1S/C24H29.C21H23.2CH3.Si.Zr/c1-6-8-17(2)20-15-19-9-7-10-22(23(19)16-20)18-11-13-21(14-12-18)24(3,4)5;1-14-12-19-15(2)6-11-18(20(19)13-14)16-7-9-17(10-8-16)21(3,4)5;;;;/h7,9-17H,6,8H2,1-5H3;6-13H,1-5H3;2*1H3;;/q4*-1;;. The van der Waals surface area contributed by atoms with Crippen LogP contribution in [-0.2, 0) is 34.2 Å². The van der Waals surface area contributed by atoms with Crippen LogP contribution in [0.2, 0.25) is 0 Å². The molecule has 6 rings (SSSR count). The van der Waals surface area contributed by atoms with E-state index in [1.165, 1.54) is 108 Å². The summed E-state index contributed by atoms with van der Waals surface area (Å²) in [5.74, 6) is 0.638. The average molecular weight is 742 g/mol. The van der Waals surface area contributed by atoms with Crippen LogP contribution in [-0.4, -0.2) is 6.88 Å². The Balaban J connectivity index is 0.000000314. The quantitative estimate of drug-likeness (QED) is 0.122.